The normalized spacial score (nSPS) is 10.2. The van der Waals surface area contributed by atoms with E-state index in [1.807, 2.05) is 5.43 Å². The van der Waals surface area contributed by atoms with Crippen LogP contribution in [-0.2, 0) is 0 Å². The fourth-order valence-electron chi connectivity index (χ4n) is 0.939. The van der Waals surface area contributed by atoms with Crippen LogP contribution in [0.2, 0.25) is 0 Å². The highest BCUT2D eigenvalue weighted by molar-refractivity contribution is 5.69. The van der Waals surface area contributed by atoms with Crippen molar-refractivity contribution in [3.8, 4) is 0 Å². The molecule has 66 valence electrons. The summed E-state index contributed by atoms with van der Waals surface area (Å²) < 4.78 is 0. The molecule has 0 bridgehead atoms. The van der Waals surface area contributed by atoms with Crippen LogP contribution in [0, 0.1) is 4.91 Å². The molecule has 3 N–H and O–H groups in total. The van der Waals surface area contributed by atoms with Gasteiger partial charge in [-0.2, -0.15) is 4.98 Å². The lowest BCUT2D eigenvalue weighted by molar-refractivity contribution is 1.10. The van der Waals surface area contributed by atoms with Gasteiger partial charge in [-0.25, -0.2) is 10.4 Å². The summed E-state index contributed by atoms with van der Waals surface area (Å²) in [4.78, 5) is 33.4. The molecule has 0 saturated carbocycles. The molecule has 0 atom stereocenters. The molecule has 0 amide bonds. The van der Waals surface area contributed by atoms with Crippen molar-refractivity contribution in [2.45, 2.75) is 0 Å². The largest absolute Gasteiger partial charge is 0.339 e. The van der Waals surface area contributed by atoms with Gasteiger partial charge in [-0.3, -0.25) is 9.78 Å². The topological polar surface area (TPSA) is 116 Å². The van der Waals surface area contributed by atoms with Crippen molar-refractivity contribution in [1.82, 2.24) is 19.9 Å². The van der Waals surface area contributed by atoms with E-state index in [4.69, 9.17) is 0 Å². The quantitative estimate of drug-likeness (QED) is 0.434. The van der Waals surface area contributed by atoms with Gasteiger partial charge in [-0.05, 0) is 0 Å². The van der Waals surface area contributed by atoms with Crippen LogP contribution < -0.4 is 11.0 Å². The van der Waals surface area contributed by atoms with Gasteiger partial charge in [0.05, 0.1) is 11.6 Å². The van der Waals surface area contributed by atoms with E-state index in [0.717, 1.165) is 0 Å². The number of aromatic amines is 2. The number of fused-ring (bicyclic) bond motifs is 1. The number of hydrogen-bond donors (Lipinski definition) is 3. The lowest BCUT2D eigenvalue weighted by Gasteiger charge is -1.93. The highest BCUT2D eigenvalue weighted by Gasteiger charge is 2.04. The summed E-state index contributed by atoms with van der Waals surface area (Å²) in [5.41, 5.74) is 2.06. The third kappa shape index (κ3) is 1.13. The number of aromatic nitrogens is 4. The van der Waals surface area contributed by atoms with Crippen molar-refractivity contribution in [3.63, 3.8) is 0 Å². The second-order valence-electron chi connectivity index (χ2n) is 2.22. The second-order valence-corrected chi connectivity index (χ2v) is 2.22. The van der Waals surface area contributed by atoms with E-state index in [9.17, 15) is 9.70 Å². The minimum Gasteiger partial charge on any atom is -0.339 e. The molecule has 0 aromatic carbocycles. The zero-order valence-corrected chi connectivity index (χ0v) is 6.24. The van der Waals surface area contributed by atoms with Gasteiger partial charge in [0.15, 0.2) is 11.2 Å². The fourth-order valence-corrected chi connectivity index (χ4v) is 0.939. The first-order chi connectivity index (χ1) is 6.31. The lowest BCUT2D eigenvalue weighted by atomic mass is 10.5. The van der Waals surface area contributed by atoms with Crippen molar-refractivity contribution in [2.75, 3.05) is 5.43 Å². The Kier molecular flexibility index (Phi) is 1.51. The second kappa shape index (κ2) is 2.66. The number of imidazole rings is 1. The van der Waals surface area contributed by atoms with Crippen molar-refractivity contribution >= 4 is 17.1 Å². The van der Waals surface area contributed by atoms with Crippen LogP contribution in [0.3, 0.4) is 0 Å². The number of nitrogens with zero attached hydrogens (tertiary/aromatic N) is 3. The van der Waals surface area contributed by atoms with Gasteiger partial charge < -0.3 is 4.98 Å². The van der Waals surface area contributed by atoms with Gasteiger partial charge in [0, 0.05) is 0 Å². The molecule has 2 rings (SSSR count). The number of rotatable bonds is 2. The summed E-state index contributed by atoms with van der Waals surface area (Å²) in [5.74, 6) is -0.0281. The van der Waals surface area contributed by atoms with Crippen LogP contribution >= 0.6 is 0 Å². The molecule has 0 fully saturated rings. The molecular formula is C5H4N6O2. The highest BCUT2D eigenvalue weighted by atomic mass is 16.3. The highest BCUT2D eigenvalue weighted by Crippen LogP contribution is 2.01. The van der Waals surface area contributed by atoms with E-state index >= 15 is 0 Å². The molecule has 2 aromatic heterocycles. The summed E-state index contributed by atoms with van der Waals surface area (Å²) in [7, 11) is 0. The maximum Gasteiger partial charge on any atom is 0.278 e. The van der Waals surface area contributed by atoms with Crippen LogP contribution in [0.4, 0.5) is 5.95 Å². The van der Waals surface area contributed by atoms with Crippen molar-refractivity contribution in [2.24, 2.45) is 5.29 Å². The minimum atomic E-state index is -0.409. The first-order valence-corrected chi connectivity index (χ1v) is 3.33. The Bertz CT molecular complexity index is 499. The zero-order valence-electron chi connectivity index (χ0n) is 6.24. The Morgan fingerprint density at radius 2 is 2.38 bits per heavy atom. The van der Waals surface area contributed by atoms with E-state index < -0.39 is 5.56 Å². The summed E-state index contributed by atoms with van der Waals surface area (Å²) in [6, 6.07) is 0. The third-order valence-corrected chi connectivity index (χ3v) is 1.45. The first-order valence-electron chi connectivity index (χ1n) is 3.33. The summed E-state index contributed by atoms with van der Waals surface area (Å²) in [6.07, 6.45) is 1.34. The zero-order chi connectivity index (χ0) is 9.26. The number of anilines is 1. The number of nitroso groups, excluding NO2 is 1. The smallest absolute Gasteiger partial charge is 0.278 e. The van der Waals surface area contributed by atoms with Gasteiger partial charge in [-0.1, -0.05) is 0 Å². The van der Waals surface area contributed by atoms with Crippen LogP contribution in [0.1, 0.15) is 0 Å². The predicted octanol–water partition coefficient (Wildman–Crippen LogP) is -0.261. The van der Waals surface area contributed by atoms with Crippen molar-refractivity contribution in [1.29, 1.82) is 0 Å². The predicted molar refractivity (Wildman–Crippen MR) is 43.9 cm³/mol. The average Bonchev–Trinajstić information content (AvgIpc) is 2.53. The number of hydrogen-bond acceptors (Lipinski definition) is 5. The van der Waals surface area contributed by atoms with Gasteiger partial charge >= 0.3 is 0 Å². The molecule has 0 saturated heterocycles. The van der Waals surface area contributed by atoms with Crippen LogP contribution in [0.25, 0.3) is 11.2 Å². The Morgan fingerprint density at radius 3 is 3.15 bits per heavy atom. The summed E-state index contributed by atoms with van der Waals surface area (Å²) in [5, 5.41) is 2.37. The molecule has 0 unspecified atom stereocenters. The average molecular weight is 180 g/mol. The number of nitrogens with one attached hydrogen (secondary N) is 3. The monoisotopic (exact) mass is 180 g/mol. The van der Waals surface area contributed by atoms with E-state index in [0.29, 0.717) is 0 Å². The van der Waals surface area contributed by atoms with E-state index in [1.54, 1.807) is 0 Å². The molecule has 13 heavy (non-hydrogen) atoms. The van der Waals surface area contributed by atoms with E-state index in [-0.39, 0.29) is 17.1 Å². The summed E-state index contributed by atoms with van der Waals surface area (Å²) >= 11 is 0. The molecular weight excluding hydrogens is 176 g/mol. The van der Waals surface area contributed by atoms with Crippen molar-refractivity contribution in [3.05, 3.63) is 21.6 Å². The molecule has 2 heterocycles. The van der Waals surface area contributed by atoms with Gasteiger partial charge in [-0.15, -0.1) is 4.91 Å². The SMILES string of the molecule is O=NNc1nc2nc[nH]c2c(=O)[nH]1. The number of H-pyrrole nitrogens is 2. The van der Waals surface area contributed by atoms with Gasteiger partial charge in [0.1, 0.15) is 0 Å². The molecule has 2 aromatic rings. The van der Waals surface area contributed by atoms with Crippen LogP contribution in [0.5, 0.6) is 0 Å². The fraction of sp³-hybridized carbons (Fsp3) is 0. The lowest BCUT2D eigenvalue weighted by Crippen LogP contribution is -2.10. The Morgan fingerprint density at radius 1 is 1.54 bits per heavy atom. The summed E-state index contributed by atoms with van der Waals surface area (Å²) in [6.45, 7) is 0. The van der Waals surface area contributed by atoms with Gasteiger partial charge in [0.2, 0.25) is 5.95 Å². The standard InChI is InChI=1S/C5H4N6O2/c12-4-2-3(7-1-6-2)8-5(9-4)10-11-13/h1H,(H3,6,7,8,9,10,12,13). The van der Waals surface area contributed by atoms with Crippen molar-refractivity contribution < 1.29 is 0 Å². The first kappa shape index (κ1) is 7.40. The van der Waals surface area contributed by atoms with Crippen LogP contribution in [0.15, 0.2) is 16.4 Å². The van der Waals surface area contributed by atoms with E-state index in [1.165, 1.54) is 6.33 Å². The molecule has 0 spiro atoms. The Balaban J connectivity index is 2.69. The molecule has 0 aliphatic rings. The minimum absolute atomic E-state index is 0.0281. The molecule has 0 aliphatic carbocycles. The maximum absolute atomic E-state index is 11.2. The Labute approximate surface area is 70.4 Å². The van der Waals surface area contributed by atoms with E-state index in [2.05, 4.69) is 25.2 Å². The Hall–Kier alpha value is -2.25. The molecule has 0 radical (unpaired) electrons. The molecule has 0 aliphatic heterocycles. The maximum atomic E-state index is 11.2. The molecule has 8 heteroatoms. The third-order valence-electron chi connectivity index (χ3n) is 1.45. The molecule has 8 nitrogen and oxygen atoms in total. The van der Waals surface area contributed by atoms with Gasteiger partial charge in [0.25, 0.3) is 5.56 Å². The van der Waals surface area contributed by atoms with Crippen LogP contribution in [-0.4, -0.2) is 19.9 Å².